The third kappa shape index (κ3) is 5.02. The number of hydrogen-bond donors (Lipinski definition) is 1. The Kier molecular flexibility index (Phi) is 6.61. The van der Waals surface area contributed by atoms with Gasteiger partial charge in [-0.3, -0.25) is 0 Å². The Morgan fingerprint density at radius 3 is 3.00 bits per heavy atom. The lowest BCUT2D eigenvalue weighted by molar-refractivity contribution is -0.0384. The van der Waals surface area contributed by atoms with Crippen LogP contribution in [0, 0.1) is 5.82 Å². The van der Waals surface area contributed by atoms with E-state index in [1.165, 1.54) is 6.07 Å². The number of nitrogens with zero attached hydrogens (tertiary/aromatic N) is 1. The number of halogens is 2. The summed E-state index contributed by atoms with van der Waals surface area (Å²) in [6.07, 6.45) is 1.82. The molecule has 3 nitrogen and oxygen atoms in total. The second kappa shape index (κ2) is 8.22. The molecular weight excluding hydrogens is 335 g/mol. The van der Waals surface area contributed by atoms with Gasteiger partial charge in [0.25, 0.3) is 0 Å². The second-order valence-corrected chi connectivity index (χ2v) is 6.59. The van der Waals surface area contributed by atoms with Gasteiger partial charge in [-0.15, -0.1) is 0 Å². The summed E-state index contributed by atoms with van der Waals surface area (Å²) in [6, 6.07) is 5.42. The van der Waals surface area contributed by atoms with Crippen LogP contribution in [0.1, 0.15) is 18.9 Å². The summed E-state index contributed by atoms with van der Waals surface area (Å²) in [6.45, 7) is 5.65. The first-order valence-electron chi connectivity index (χ1n) is 7.57. The zero-order valence-electron chi connectivity index (χ0n) is 12.7. The Morgan fingerprint density at radius 2 is 2.33 bits per heavy atom. The third-order valence-corrected chi connectivity index (χ3v) is 4.35. The van der Waals surface area contributed by atoms with Crippen molar-refractivity contribution in [3.8, 4) is 0 Å². The molecule has 1 aliphatic rings. The average molecular weight is 359 g/mol. The molecule has 0 spiro atoms. The van der Waals surface area contributed by atoms with Gasteiger partial charge in [-0.1, -0.05) is 28.9 Å². The quantitative estimate of drug-likeness (QED) is 0.846. The molecule has 2 atom stereocenters. The maximum absolute atomic E-state index is 14.1. The summed E-state index contributed by atoms with van der Waals surface area (Å²) >= 11 is 3.30. The number of likely N-dealkylation sites (N-methyl/N-ethyl adjacent to an activating group) is 1. The third-order valence-electron chi connectivity index (χ3n) is 3.86. The van der Waals surface area contributed by atoms with E-state index in [4.69, 9.17) is 4.74 Å². The number of hydrogen-bond acceptors (Lipinski definition) is 3. The highest BCUT2D eigenvalue weighted by Crippen LogP contribution is 2.19. The number of rotatable bonds is 6. The second-order valence-electron chi connectivity index (χ2n) is 5.67. The van der Waals surface area contributed by atoms with Gasteiger partial charge in [0.2, 0.25) is 0 Å². The lowest BCUT2D eigenvalue weighted by atomic mass is 9.99. The summed E-state index contributed by atoms with van der Waals surface area (Å²) in [5.74, 6) is -0.156. The minimum Gasteiger partial charge on any atom is -0.374 e. The van der Waals surface area contributed by atoms with Crippen LogP contribution in [-0.2, 0) is 11.2 Å². The van der Waals surface area contributed by atoms with Gasteiger partial charge >= 0.3 is 0 Å². The van der Waals surface area contributed by atoms with Crippen LogP contribution in [0.25, 0.3) is 0 Å². The van der Waals surface area contributed by atoms with Crippen LogP contribution >= 0.6 is 15.9 Å². The molecule has 2 rings (SSSR count). The molecule has 21 heavy (non-hydrogen) atoms. The summed E-state index contributed by atoms with van der Waals surface area (Å²) in [4.78, 5) is 2.27. The molecule has 0 amide bonds. The molecule has 1 fully saturated rings. The zero-order valence-corrected chi connectivity index (χ0v) is 14.3. The number of benzene rings is 1. The first-order chi connectivity index (χ1) is 10.1. The molecule has 1 N–H and O–H groups in total. The van der Waals surface area contributed by atoms with E-state index < -0.39 is 0 Å². The van der Waals surface area contributed by atoms with Crippen molar-refractivity contribution in [1.82, 2.24) is 10.2 Å². The molecular formula is C16H24BrFN2O. The highest BCUT2D eigenvalue weighted by atomic mass is 79.9. The van der Waals surface area contributed by atoms with Crippen molar-refractivity contribution in [3.63, 3.8) is 0 Å². The molecule has 0 aliphatic carbocycles. The molecule has 0 radical (unpaired) electrons. The van der Waals surface area contributed by atoms with E-state index in [9.17, 15) is 4.39 Å². The van der Waals surface area contributed by atoms with E-state index in [1.807, 2.05) is 12.1 Å². The van der Waals surface area contributed by atoms with Gasteiger partial charge in [0.1, 0.15) is 5.82 Å². The predicted molar refractivity (Wildman–Crippen MR) is 87.1 cm³/mol. The molecule has 0 bridgehead atoms. The Morgan fingerprint density at radius 1 is 1.52 bits per heavy atom. The van der Waals surface area contributed by atoms with E-state index in [1.54, 1.807) is 0 Å². The molecule has 1 aliphatic heterocycles. The zero-order chi connectivity index (χ0) is 15.2. The molecule has 2 unspecified atom stereocenters. The lowest BCUT2D eigenvalue weighted by Crippen LogP contribution is -2.52. The Hall–Kier alpha value is -0.490. The van der Waals surface area contributed by atoms with Crippen molar-refractivity contribution in [1.29, 1.82) is 0 Å². The highest BCUT2D eigenvalue weighted by Gasteiger charge is 2.27. The maximum Gasteiger partial charge on any atom is 0.127 e. The fraction of sp³-hybridized carbons (Fsp3) is 0.625. The molecule has 118 valence electrons. The van der Waals surface area contributed by atoms with E-state index in [2.05, 4.69) is 40.1 Å². The summed E-state index contributed by atoms with van der Waals surface area (Å²) < 4.78 is 20.7. The summed E-state index contributed by atoms with van der Waals surface area (Å²) in [7, 11) is 2.10. The number of ether oxygens (including phenoxy) is 1. The van der Waals surface area contributed by atoms with E-state index >= 15 is 0 Å². The normalized spacial score (nSPS) is 21.4. The van der Waals surface area contributed by atoms with Gasteiger partial charge in [0.05, 0.1) is 12.7 Å². The fourth-order valence-corrected chi connectivity index (χ4v) is 2.98. The molecule has 5 heteroatoms. The van der Waals surface area contributed by atoms with Gasteiger partial charge in [0, 0.05) is 23.6 Å². The van der Waals surface area contributed by atoms with Crippen molar-refractivity contribution in [3.05, 3.63) is 34.1 Å². The topological polar surface area (TPSA) is 24.5 Å². The SMILES string of the molecule is CCCNC(Cc1ccc(Br)cc1F)C1CN(C)CCO1. The van der Waals surface area contributed by atoms with E-state index in [0.29, 0.717) is 6.42 Å². The van der Waals surface area contributed by atoms with E-state index in [-0.39, 0.29) is 18.0 Å². The van der Waals surface area contributed by atoms with Crippen molar-refractivity contribution in [2.75, 3.05) is 33.3 Å². The molecule has 1 aromatic carbocycles. The van der Waals surface area contributed by atoms with Crippen molar-refractivity contribution >= 4 is 15.9 Å². The largest absolute Gasteiger partial charge is 0.374 e. The highest BCUT2D eigenvalue weighted by molar-refractivity contribution is 9.10. The Bertz CT molecular complexity index is 458. The van der Waals surface area contributed by atoms with Crippen LogP contribution in [0.3, 0.4) is 0 Å². The standard InChI is InChI=1S/C16H24BrFN2O/c1-3-6-19-15(16-11-20(2)7-8-21-16)9-12-4-5-13(17)10-14(12)18/h4-5,10,15-16,19H,3,6-9,11H2,1-2H3. The van der Waals surface area contributed by atoms with Crippen LogP contribution in [0.4, 0.5) is 4.39 Å². The van der Waals surface area contributed by atoms with Crippen LogP contribution in [0.2, 0.25) is 0 Å². The van der Waals surface area contributed by atoms with Gasteiger partial charge in [-0.2, -0.15) is 0 Å². The van der Waals surface area contributed by atoms with Crippen molar-refractivity contribution < 1.29 is 9.13 Å². The molecule has 0 saturated carbocycles. The number of nitrogens with one attached hydrogen (secondary N) is 1. The molecule has 0 aromatic heterocycles. The van der Waals surface area contributed by atoms with Crippen LogP contribution in [0.5, 0.6) is 0 Å². The van der Waals surface area contributed by atoms with Crippen molar-refractivity contribution in [2.24, 2.45) is 0 Å². The fourth-order valence-electron chi connectivity index (χ4n) is 2.64. The van der Waals surface area contributed by atoms with Gasteiger partial charge in [-0.05, 0) is 44.1 Å². The predicted octanol–water partition coefficient (Wildman–Crippen LogP) is 2.83. The summed E-state index contributed by atoms with van der Waals surface area (Å²) in [5.41, 5.74) is 0.739. The molecule has 1 aromatic rings. The first-order valence-corrected chi connectivity index (χ1v) is 8.37. The van der Waals surface area contributed by atoms with Crippen LogP contribution < -0.4 is 5.32 Å². The van der Waals surface area contributed by atoms with Crippen LogP contribution in [-0.4, -0.2) is 50.3 Å². The van der Waals surface area contributed by atoms with Crippen molar-refractivity contribution in [2.45, 2.75) is 31.9 Å². The smallest absolute Gasteiger partial charge is 0.127 e. The molecule has 1 heterocycles. The number of morpholine rings is 1. The monoisotopic (exact) mass is 358 g/mol. The average Bonchev–Trinajstić information content (AvgIpc) is 2.45. The van der Waals surface area contributed by atoms with E-state index in [0.717, 1.165) is 42.7 Å². The van der Waals surface area contributed by atoms with Crippen LogP contribution in [0.15, 0.2) is 22.7 Å². The Labute approximate surface area is 135 Å². The molecule has 1 saturated heterocycles. The Balaban J connectivity index is 2.07. The first kappa shape index (κ1) is 16.9. The maximum atomic E-state index is 14.1. The van der Waals surface area contributed by atoms with Gasteiger partial charge in [0.15, 0.2) is 0 Å². The van der Waals surface area contributed by atoms with Gasteiger partial charge < -0.3 is 15.0 Å². The lowest BCUT2D eigenvalue weighted by Gasteiger charge is -2.35. The summed E-state index contributed by atoms with van der Waals surface area (Å²) in [5, 5.41) is 3.52. The minimum atomic E-state index is -0.156. The van der Waals surface area contributed by atoms with Gasteiger partial charge in [-0.25, -0.2) is 4.39 Å². The minimum absolute atomic E-state index is 0.110.